The molecule has 0 heterocycles. The van der Waals surface area contributed by atoms with E-state index in [9.17, 15) is 9.59 Å². The van der Waals surface area contributed by atoms with Crippen molar-refractivity contribution < 1.29 is 14.4 Å². The highest BCUT2D eigenvalue weighted by Crippen LogP contribution is 2.17. The first-order valence-corrected chi connectivity index (χ1v) is 7.14. The van der Waals surface area contributed by atoms with Crippen LogP contribution in [-0.2, 0) is 4.84 Å². The number of allylic oxidation sites excluding steroid dienone is 2. The van der Waals surface area contributed by atoms with E-state index in [2.05, 4.69) is 10.5 Å². The molecule has 0 saturated carbocycles. The lowest BCUT2D eigenvalue weighted by atomic mass is 9.95. The van der Waals surface area contributed by atoms with Crippen LogP contribution in [0.2, 0.25) is 5.02 Å². The van der Waals surface area contributed by atoms with E-state index in [1.807, 2.05) is 0 Å². The van der Waals surface area contributed by atoms with Crippen LogP contribution in [0.1, 0.15) is 15.9 Å². The number of halogens is 1. The third-order valence-electron chi connectivity index (χ3n) is 3.18. The molecule has 6 heteroatoms. The van der Waals surface area contributed by atoms with E-state index in [1.165, 1.54) is 12.2 Å². The van der Waals surface area contributed by atoms with Gasteiger partial charge in [0, 0.05) is 21.8 Å². The van der Waals surface area contributed by atoms with Gasteiger partial charge in [0.15, 0.2) is 5.78 Å². The van der Waals surface area contributed by atoms with Gasteiger partial charge in [-0.1, -0.05) is 41.0 Å². The van der Waals surface area contributed by atoms with Gasteiger partial charge in [0.1, 0.15) is 5.71 Å². The van der Waals surface area contributed by atoms with Crippen LogP contribution in [0.15, 0.2) is 65.8 Å². The molecule has 1 amide bonds. The third-order valence-corrected chi connectivity index (χ3v) is 3.43. The molecule has 1 aliphatic carbocycles. The molecule has 0 radical (unpaired) electrons. The average molecular weight is 327 g/mol. The summed E-state index contributed by atoms with van der Waals surface area (Å²) in [7, 11) is 0. The monoisotopic (exact) mass is 326 g/mol. The van der Waals surface area contributed by atoms with E-state index in [0.717, 1.165) is 0 Å². The van der Waals surface area contributed by atoms with E-state index in [-0.39, 0.29) is 5.78 Å². The Bertz CT molecular complexity index is 826. The molecule has 0 atom stereocenters. The third kappa shape index (κ3) is 3.46. The van der Waals surface area contributed by atoms with Crippen molar-refractivity contribution in [3.05, 3.63) is 76.8 Å². The molecule has 0 aromatic heterocycles. The summed E-state index contributed by atoms with van der Waals surface area (Å²) in [5.74, 6) is -0.106. The van der Waals surface area contributed by atoms with Crippen LogP contribution >= 0.6 is 11.6 Å². The van der Waals surface area contributed by atoms with Crippen molar-refractivity contribution in [2.75, 3.05) is 5.32 Å². The van der Waals surface area contributed by atoms with Crippen molar-refractivity contribution in [3.63, 3.8) is 0 Å². The van der Waals surface area contributed by atoms with Gasteiger partial charge in [-0.15, -0.1) is 0 Å². The molecule has 0 aliphatic heterocycles. The molecular weight excluding hydrogens is 316 g/mol. The molecule has 0 spiro atoms. The second-order valence-corrected chi connectivity index (χ2v) is 5.17. The summed E-state index contributed by atoms with van der Waals surface area (Å²) in [6.07, 6.45) is 2.17. The van der Waals surface area contributed by atoms with Crippen LogP contribution in [0.5, 0.6) is 0 Å². The quantitative estimate of drug-likeness (QED) is 0.668. The van der Waals surface area contributed by atoms with E-state index in [4.69, 9.17) is 16.4 Å². The van der Waals surface area contributed by atoms with Crippen molar-refractivity contribution >= 4 is 34.9 Å². The molecule has 1 N–H and O–H groups in total. The number of benzene rings is 2. The van der Waals surface area contributed by atoms with Crippen molar-refractivity contribution in [2.45, 2.75) is 0 Å². The molecular formula is C17H11ClN2O3. The Hall–Kier alpha value is -2.92. The zero-order valence-corrected chi connectivity index (χ0v) is 12.6. The van der Waals surface area contributed by atoms with Crippen LogP contribution in [0.4, 0.5) is 10.5 Å². The van der Waals surface area contributed by atoms with Gasteiger partial charge in [0.05, 0.1) is 0 Å². The minimum atomic E-state index is -0.734. The maximum Gasteiger partial charge on any atom is 0.437 e. The molecule has 1 aliphatic rings. The van der Waals surface area contributed by atoms with Crippen LogP contribution < -0.4 is 5.32 Å². The molecule has 0 fully saturated rings. The predicted octanol–water partition coefficient (Wildman–Crippen LogP) is 4.05. The standard InChI is InChI=1S/C17H11ClN2O3/c18-11-5-7-12(8-6-11)19-17(22)23-20-15-9-10-16(21)14-4-2-1-3-13(14)15/h1-10H,(H,19,22). The normalized spacial score (nSPS) is 14.5. The summed E-state index contributed by atoms with van der Waals surface area (Å²) >= 11 is 5.77. The fourth-order valence-corrected chi connectivity index (χ4v) is 2.23. The van der Waals surface area contributed by atoms with Gasteiger partial charge in [-0.25, -0.2) is 4.79 Å². The lowest BCUT2D eigenvalue weighted by molar-refractivity contribution is 0.104. The fraction of sp³-hybridized carbons (Fsp3) is 0. The van der Waals surface area contributed by atoms with E-state index < -0.39 is 6.09 Å². The molecule has 0 unspecified atom stereocenters. The van der Waals surface area contributed by atoms with Gasteiger partial charge in [0.2, 0.25) is 0 Å². The fourth-order valence-electron chi connectivity index (χ4n) is 2.10. The number of hydrogen-bond donors (Lipinski definition) is 1. The summed E-state index contributed by atoms with van der Waals surface area (Å²) < 4.78 is 0. The van der Waals surface area contributed by atoms with Gasteiger partial charge < -0.3 is 0 Å². The number of carbonyl (C=O) groups excluding carboxylic acids is 2. The average Bonchev–Trinajstić information content (AvgIpc) is 2.57. The Balaban J connectivity index is 1.72. The van der Waals surface area contributed by atoms with Gasteiger partial charge in [-0.3, -0.25) is 14.9 Å². The molecule has 0 saturated heterocycles. The molecule has 23 heavy (non-hydrogen) atoms. The van der Waals surface area contributed by atoms with Gasteiger partial charge in [-0.2, -0.15) is 0 Å². The smallest absolute Gasteiger partial charge is 0.297 e. The summed E-state index contributed by atoms with van der Waals surface area (Å²) in [4.78, 5) is 28.4. The first-order chi connectivity index (χ1) is 11.1. The maximum absolute atomic E-state index is 11.8. The number of anilines is 1. The number of carbonyl (C=O) groups is 2. The van der Waals surface area contributed by atoms with Crippen molar-refractivity contribution in [1.82, 2.24) is 0 Å². The number of hydrogen-bond acceptors (Lipinski definition) is 4. The Morgan fingerprint density at radius 3 is 2.43 bits per heavy atom. The van der Waals surface area contributed by atoms with Gasteiger partial charge in [0.25, 0.3) is 0 Å². The van der Waals surface area contributed by atoms with Crippen LogP contribution in [0, 0.1) is 0 Å². The number of nitrogens with one attached hydrogen (secondary N) is 1. The number of oxime groups is 1. The Kier molecular flexibility index (Phi) is 4.21. The Labute approximate surface area is 137 Å². The van der Waals surface area contributed by atoms with E-state index in [0.29, 0.717) is 27.5 Å². The zero-order chi connectivity index (χ0) is 16.2. The highest BCUT2D eigenvalue weighted by molar-refractivity contribution is 6.30. The lowest BCUT2D eigenvalue weighted by Crippen LogP contribution is -2.15. The first-order valence-electron chi connectivity index (χ1n) is 6.77. The summed E-state index contributed by atoms with van der Waals surface area (Å²) in [6.45, 7) is 0. The topological polar surface area (TPSA) is 67.8 Å². The first kappa shape index (κ1) is 15.0. The van der Waals surface area contributed by atoms with Gasteiger partial charge >= 0.3 is 6.09 Å². The Morgan fingerprint density at radius 1 is 1.00 bits per heavy atom. The SMILES string of the molecule is O=C(Nc1ccc(Cl)cc1)ON=C1C=CC(=O)c2ccccc21. The van der Waals surface area contributed by atoms with Crippen LogP contribution in [-0.4, -0.2) is 17.6 Å². The molecule has 2 aromatic carbocycles. The summed E-state index contributed by atoms with van der Waals surface area (Å²) in [5.41, 5.74) is 2.09. The second-order valence-electron chi connectivity index (χ2n) is 4.73. The minimum Gasteiger partial charge on any atom is -0.297 e. The number of ketones is 1. The van der Waals surface area contributed by atoms with Gasteiger partial charge in [-0.05, 0) is 36.4 Å². The number of fused-ring (bicyclic) bond motifs is 1. The maximum atomic E-state index is 11.8. The van der Waals surface area contributed by atoms with E-state index >= 15 is 0 Å². The molecule has 3 rings (SSSR count). The Morgan fingerprint density at radius 2 is 1.70 bits per heavy atom. The van der Waals surface area contributed by atoms with E-state index in [1.54, 1.807) is 48.5 Å². The largest absolute Gasteiger partial charge is 0.437 e. The predicted molar refractivity (Wildman–Crippen MR) is 88.0 cm³/mol. The van der Waals surface area contributed by atoms with Crippen molar-refractivity contribution in [3.8, 4) is 0 Å². The highest BCUT2D eigenvalue weighted by atomic mass is 35.5. The van der Waals surface area contributed by atoms with Crippen molar-refractivity contribution in [2.24, 2.45) is 5.16 Å². The molecule has 0 bridgehead atoms. The number of amides is 1. The summed E-state index contributed by atoms with van der Waals surface area (Å²) in [5, 5.41) is 6.90. The van der Waals surface area contributed by atoms with Crippen molar-refractivity contribution in [1.29, 1.82) is 0 Å². The van der Waals surface area contributed by atoms with Crippen LogP contribution in [0.25, 0.3) is 0 Å². The molecule has 114 valence electrons. The molecule has 2 aromatic rings. The minimum absolute atomic E-state index is 0.106. The van der Waals surface area contributed by atoms with Crippen LogP contribution in [0.3, 0.4) is 0 Å². The number of rotatable bonds is 2. The number of nitrogens with zero attached hydrogens (tertiary/aromatic N) is 1. The summed E-state index contributed by atoms with van der Waals surface area (Å²) in [6, 6.07) is 13.6. The zero-order valence-electron chi connectivity index (χ0n) is 11.8. The lowest BCUT2D eigenvalue weighted by Gasteiger charge is -2.11. The molecule has 5 nitrogen and oxygen atoms in total. The highest BCUT2D eigenvalue weighted by Gasteiger charge is 2.17. The second kappa shape index (κ2) is 6.46.